The lowest BCUT2D eigenvalue weighted by Crippen LogP contribution is -2.67. The summed E-state index contributed by atoms with van der Waals surface area (Å²) in [5.41, 5.74) is 0. The third-order valence-corrected chi connectivity index (χ3v) is 10.8. The van der Waals surface area contributed by atoms with Crippen molar-refractivity contribution in [2.24, 2.45) is 5.92 Å². The van der Waals surface area contributed by atoms with Gasteiger partial charge in [0.1, 0.15) is 0 Å². The lowest BCUT2D eigenvalue weighted by atomic mass is 9.99. The van der Waals surface area contributed by atoms with Crippen LogP contribution in [0.15, 0.2) is 60.7 Å². The molecule has 2 aromatic rings. The molecule has 0 bridgehead atoms. The highest BCUT2D eigenvalue weighted by molar-refractivity contribution is 6.99. The van der Waals surface area contributed by atoms with Crippen molar-refractivity contribution in [1.82, 2.24) is 5.32 Å². The van der Waals surface area contributed by atoms with E-state index in [-0.39, 0.29) is 17.0 Å². The molecular weight excluding hydrogens is 350 g/mol. The van der Waals surface area contributed by atoms with Crippen LogP contribution in [0.25, 0.3) is 0 Å². The van der Waals surface area contributed by atoms with Gasteiger partial charge >= 0.3 is 0 Å². The molecule has 1 aliphatic rings. The molecule has 0 aromatic heterocycles. The van der Waals surface area contributed by atoms with Crippen molar-refractivity contribution in [2.75, 3.05) is 6.61 Å². The molecule has 2 atom stereocenters. The zero-order chi connectivity index (χ0) is 19.5. The van der Waals surface area contributed by atoms with E-state index in [1.807, 2.05) is 0 Å². The average Bonchev–Trinajstić information content (AvgIpc) is 3.03. The standard InChI is InChI=1S/C23H31NO2Si/c1-5-18-16-22(25)24-21(18)17-26-27(23(2,3)4,19-12-8-6-9-13-19)20-14-10-7-11-15-20/h6-15,18,21H,5,16-17H2,1-4H3,(H,24,25)/t18-,21-/m1/s1. The number of hydrogen-bond donors (Lipinski definition) is 1. The van der Waals surface area contributed by atoms with Crippen molar-refractivity contribution < 1.29 is 9.22 Å². The molecule has 0 radical (unpaired) electrons. The first-order valence-corrected chi connectivity index (χ1v) is 11.8. The molecular formula is C23H31NO2Si. The number of carbonyl (C=O) groups is 1. The van der Waals surface area contributed by atoms with Crippen molar-refractivity contribution in [3.05, 3.63) is 60.7 Å². The molecule has 144 valence electrons. The van der Waals surface area contributed by atoms with E-state index in [4.69, 9.17) is 4.43 Å². The van der Waals surface area contributed by atoms with Crippen LogP contribution in [0, 0.1) is 5.92 Å². The van der Waals surface area contributed by atoms with Crippen molar-refractivity contribution in [3.63, 3.8) is 0 Å². The van der Waals surface area contributed by atoms with Gasteiger partial charge in [-0.15, -0.1) is 0 Å². The molecule has 1 saturated heterocycles. The molecule has 0 saturated carbocycles. The van der Waals surface area contributed by atoms with Crippen molar-refractivity contribution in [2.45, 2.75) is 51.6 Å². The zero-order valence-corrected chi connectivity index (χ0v) is 17.9. The molecule has 2 aromatic carbocycles. The smallest absolute Gasteiger partial charge is 0.261 e. The summed E-state index contributed by atoms with van der Waals surface area (Å²) < 4.78 is 6.95. The molecule has 1 amide bonds. The van der Waals surface area contributed by atoms with E-state index >= 15 is 0 Å². The molecule has 0 spiro atoms. The second kappa shape index (κ2) is 7.99. The Labute approximate surface area is 164 Å². The van der Waals surface area contributed by atoms with Crippen LogP contribution in [0.5, 0.6) is 0 Å². The van der Waals surface area contributed by atoms with Crippen LogP contribution in [0.1, 0.15) is 40.5 Å². The number of benzene rings is 2. The topological polar surface area (TPSA) is 38.3 Å². The highest BCUT2D eigenvalue weighted by Crippen LogP contribution is 2.37. The first-order valence-electron chi connectivity index (χ1n) is 9.93. The fraction of sp³-hybridized carbons (Fsp3) is 0.435. The highest BCUT2D eigenvalue weighted by atomic mass is 28.4. The fourth-order valence-electron chi connectivity index (χ4n) is 4.35. The Morgan fingerprint density at radius 3 is 1.96 bits per heavy atom. The molecule has 1 fully saturated rings. The van der Waals surface area contributed by atoms with Crippen LogP contribution in [-0.4, -0.2) is 26.9 Å². The lowest BCUT2D eigenvalue weighted by molar-refractivity contribution is -0.119. The van der Waals surface area contributed by atoms with Gasteiger partial charge in [-0.3, -0.25) is 4.79 Å². The van der Waals surface area contributed by atoms with E-state index < -0.39 is 8.32 Å². The number of rotatable bonds is 6. The normalized spacial score (nSPS) is 20.5. The largest absolute Gasteiger partial charge is 0.405 e. The van der Waals surface area contributed by atoms with Gasteiger partial charge in [0.15, 0.2) is 0 Å². The van der Waals surface area contributed by atoms with Gasteiger partial charge in [-0.1, -0.05) is 94.8 Å². The van der Waals surface area contributed by atoms with E-state index in [0.29, 0.717) is 18.9 Å². The van der Waals surface area contributed by atoms with Crippen molar-refractivity contribution >= 4 is 24.6 Å². The fourth-order valence-corrected chi connectivity index (χ4v) is 8.93. The van der Waals surface area contributed by atoms with Crippen LogP contribution >= 0.6 is 0 Å². The summed E-state index contributed by atoms with van der Waals surface area (Å²) in [6.45, 7) is 9.57. The Morgan fingerprint density at radius 1 is 1.00 bits per heavy atom. The van der Waals surface area contributed by atoms with E-state index in [1.165, 1.54) is 10.4 Å². The van der Waals surface area contributed by atoms with E-state index in [0.717, 1.165) is 6.42 Å². The molecule has 0 aliphatic carbocycles. The minimum Gasteiger partial charge on any atom is -0.405 e. The summed E-state index contributed by atoms with van der Waals surface area (Å²) in [5, 5.41) is 5.66. The number of amides is 1. The first-order chi connectivity index (χ1) is 12.9. The monoisotopic (exact) mass is 381 g/mol. The van der Waals surface area contributed by atoms with Crippen LogP contribution in [0.3, 0.4) is 0 Å². The van der Waals surface area contributed by atoms with E-state index in [9.17, 15) is 4.79 Å². The summed E-state index contributed by atoms with van der Waals surface area (Å²) >= 11 is 0. The Balaban J connectivity index is 2.03. The van der Waals surface area contributed by atoms with Gasteiger partial charge in [-0.2, -0.15) is 0 Å². The van der Waals surface area contributed by atoms with Gasteiger partial charge in [0.25, 0.3) is 8.32 Å². The zero-order valence-electron chi connectivity index (χ0n) is 16.9. The van der Waals surface area contributed by atoms with Gasteiger partial charge in [-0.25, -0.2) is 0 Å². The van der Waals surface area contributed by atoms with Gasteiger partial charge in [0.2, 0.25) is 5.91 Å². The SMILES string of the molecule is CC[C@@H]1CC(=O)N[C@@H]1CO[Si](c1ccccc1)(c1ccccc1)C(C)(C)C. The average molecular weight is 382 g/mol. The van der Waals surface area contributed by atoms with Gasteiger partial charge in [0, 0.05) is 6.42 Å². The Morgan fingerprint density at radius 2 is 1.52 bits per heavy atom. The van der Waals surface area contributed by atoms with Crippen LogP contribution in [0.4, 0.5) is 0 Å². The number of nitrogens with one attached hydrogen (secondary N) is 1. The summed E-state index contributed by atoms with van der Waals surface area (Å²) in [5.74, 6) is 0.508. The van der Waals surface area contributed by atoms with Crippen molar-refractivity contribution in [1.29, 1.82) is 0 Å². The maximum absolute atomic E-state index is 11.9. The van der Waals surface area contributed by atoms with Gasteiger partial charge < -0.3 is 9.74 Å². The molecule has 0 unspecified atom stereocenters. The first kappa shape index (κ1) is 19.8. The highest BCUT2D eigenvalue weighted by Gasteiger charge is 2.50. The summed E-state index contributed by atoms with van der Waals surface area (Å²) in [6.07, 6.45) is 1.61. The molecule has 1 aliphatic heterocycles. The third kappa shape index (κ3) is 3.87. The number of hydrogen-bond acceptors (Lipinski definition) is 2. The molecule has 1 heterocycles. The maximum Gasteiger partial charge on any atom is 0.261 e. The minimum absolute atomic E-state index is 0.0416. The Hall–Kier alpha value is -1.91. The van der Waals surface area contributed by atoms with E-state index in [1.54, 1.807) is 0 Å². The predicted molar refractivity (Wildman–Crippen MR) is 114 cm³/mol. The summed E-state index contributed by atoms with van der Waals surface area (Å²) in [4.78, 5) is 11.9. The predicted octanol–water partition coefficient (Wildman–Crippen LogP) is 3.48. The second-order valence-electron chi connectivity index (χ2n) is 8.52. The molecule has 1 N–H and O–H groups in total. The van der Waals surface area contributed by atoms with Crippen molar-refractivity contribution in [3.8, 4) is 0 Å². The maximum atomic E-state index is 11.9. The van der Waals surface area contributed by atoms with Gasteiger partial charge in [-0.05, 0) is 21.3 Å². The Kier molecular flexibility index (Phi) is 5.87. The third-order valence-electron chi connectivity index (χ3n) is 5.78. The van der Waals surface area contributed by atoms with Gasteiger partial charge in [0.05, 0.1) is 12.6 Å². The van der Waals surface area contributed by atoms with Crippen LogP contribution < -0.4 is 15.7 Å². The Bertz CT molecular complexity index is 715. The summed E-state index contributed by atoms with van der Waals surface area (Å²) in [6, 6.07) is 21.4. The second-order valence-corrected chi connectivity index (χ2v) is 12.8. The summed E-state index contributed by atoms with van der Waals surface area (Å²) in [7, 11) is -2.53. The quantitative estimate of drug-likeness (QED) is 0.778. The number of carbonyl (C=O) groups excluding carboxylic acids is 1. The molecule has 27 heavy (non-hydrogen) atoms. The van der Waals surface area contributed by atoms with Crippen LogP contribution in [0.2, 0.25) is 5.04 Å². The van der Waals surface area contributed by atoms with Crippen LogP contribution in [-0.2, 0) is 9.22 Å². The molecule has 4 heteroatoms. The molecule has 3 nitrogen and oxygen atoms in total. The minimum atomic E-state index is -2.53. The molecule has 3 rings (SSSR count). The van der Waals surface area contributed by atoms with E-state index in [2.05, 4.69) is 93.7 Å². The lowest BCUT2D eigenvalue weighted by Gasteiger charge is -2.43.